The van der Waals surface area contributed by atoms with Gasteiger partial charge in [-0.2, -0.15) is 13.2 Å². The lowest BCUT2D eigenvalue weighted by Crippen LogP contribution is -2.30. The standard InChI is InChI=1S/C21H19F3N4O2/c1-2-28(9-12-3-6-18(26-8-12)21(22,23)24)20(29)13-4-5-17-14(7-13)15-10-30-11-16(15)19(25)27-17/h3-8H,2,9-11H2,1H3,(H2,25,27). The predicted octanol–water partition coefficient (Wildman–Crippen LogP) is 3.92. The van der Waals surface area contributed by atoms with Crippen molar-refractivity contribution in [2.45, 2.75) is 32.9 Å². The molecule has 0 saturated carbocycles. The maximum Gasteiger partial charge on any atom is 0.433 e. The van der Waals surface area contributed by atoms with E-state index in [0.717, 1.165) is 28.8 Å². The van der Waals surface area contributed by atoms with Gasteiger partial charge < -0.3 is 15.4 Å². The zero-order valence-electron chi connectivity index (χ0n) is 16.2. The van der Waals surface area contributed by atoms with E-state index in [1.165, 1.54) is 6.07 Å². The van der Waals surface area contributed by atoms with Gasteiger partial charge in [0.2, 0.25) is 0 Å². The first-order valence-electron chi connectivity index (χ1n) is 9.38. The van der Waals surface area contributed by atoms with Gasteiger partial charge >= 0.3 is 6.18 Å². The number of fused-ring (bicyclic) bond motifs is 3. The average molecular weight is 416 g/mol. The average Bonchev–Trinajstić information content (AvgIpc) is 3.22. The second kappa shape index (κ2) is 7.56. The van der Waals surface area contributed by atoms with Gasteiger partial charge in [-0.1, -0.05) is 6.07 Å². The smallest absolute Gasteiger partial charge is 0.383 e. The third kappa shape index (κ3) is 3.68. The highest BCUT2D eigenvalue weighted by Crippen LogP contribution is 2.32. The van der Waals surface area contributed by atoms with Crippen LogP contribution in [0.2, 0.25) is 0 Å². The third-order valence-corrected chi connectivity index (χ3v) is 5.13. The number of halogens is 3. The summed E-state index contributed by atoms with van der Waals surface area (Å²) >= 11 is 0. The minimum absolute atomic E-state index is 0.152. The molecule has 6 nitrogen and oxygen atoms in total. The highest BCUT2D eigenvalue weighted by Gasteiger charge is 2.32. The van der Waals surface area contributed by atoms with Crippen LogP contribution in [-0.4, -0.2) is 27.3 Å². The van der Waals surface area contributed by atoms with Gasteiger partial charge in [0.1, 0.15) is 11.5 Å². The Morgan fingerprint density at radius 3 is 2.63 bits per heavy atom. The summed E-state index contributed by atoms with van der Waals surface area (Å²) in [5.41, 5.74) is 8.46. The summed E-state index contributed by atoms with van der Waals surface area (Å²) in [6.07, 6.45) is -3.35. The number of anilines is 1. The fourth-order valence-corrected chi connectivity index (χ4v) is 3.52. The Bertz CT molecular complexity index is 1110. The number of rotatable bonds is 4. The van der Waals surface area contributed by atoms with Gasteiger partial charge in [0.25, 0.3) is 5.91 Å². The first kappa shape index (κ1) is 20.1. The van der Waals surface area contributed by atoms with Crippen molar-refractivity contribution >= 4 is 22.6 Å². The summed E-state index contributed by atoms with van der Waals surface area (Å²) in [5, 5.41) is 0.815. The van der Waals surface area contributed by atoms with Gasteiger partial charge in [0.05, 0.1) is 18.7 Å². The number of aromatic nitrogens is 2. The van der Waals surface area contributed by atoms with Crippen molar-refractivity contribution in [1.29, 1.82) is 0 Å². The second-order valence-electron chi connectivity index (χ2n) is 7.05. The van der Waals surface area contributed by atoms with Gasteiger partial charge in [0.15, 0.2) is 0 Å². The Balaban J connectivity index is 1.61. The van der Waals surface area contributed by atoms with E-state index in [-0.39, 0.29) is 12.5 Å². The van der Waals surface area contributed by atoms with Gasteiger partial charge in [-0.3, -0.25) is 9.78 Å². The first-order valence-corrected chi connectivity index (χ1v) is 9.38. The highest BCUT2D eigenvalue weighted by molar-refractivity contribution is 5.99. The molecule has 1 aromatic carbocycles. The van der Waals surface area contributed by atoms with E-state index < -0.39 is 11.9 Å². The van der Waals surface area contributed by atoms with E-state index >= 15 is 0 Å². The normalized spacial score (nSPS) is 13.5. The number of carbonyl (C=O) groups excluding carboxylic acids is 1. The molecule has 0 atom stereocenters. The maximum absolute atomic E-state index is 13.1. The van der Waals surface area contributed by atoms with E-state index in [9.17, 15) is 18.0 Å². The van der Waals surface area contributed by atoms with Crippen LogP contribution < -0.4 is 5.73 Å². The van der Waals surface area contributed by atoms with Crippen LogP contribution in [-0.2, 0) is 30.7 Å². The third-order valence-electron chi connectivity index (χ3n) is 5.13. The number of benzene rings is 1. The summed E-state index contributed by atoms with van der Waals surface area (Å²) in [6.45, 7) is 3.15. The summed E-state index contributed by atoms with van der Waals surface area (Å²) in [4.78, 5) is 22.5. The molecule has 156 valence electrons. The first-order chi connectivity index (χ1) is 14.3. The lowest BCUT2D eigenvalue weighted by atomic mass is 10.0. The molecule has 0 spiro atoms. The Morgan fingerprint density at radius 1 is 1.20 bits per heavy atom. The minimum Gasteiger partial charge on any atom is -0.383 e. The number of nitrogens with two attached hydrogens (primary N) is 1. The van der Waals surface area contributed by atoms with E-state index in [4.69, 9.17) is 10.5 Å². The molecule has 2 N–H and O–H groups in total. The number of nitrogen functional groups attached to an aromatic ring is 1. The SMILES string of the molecule is CCN(Cc1ccc(C(F)(F)F)nc1)C(=O)c1ccc2nc(N)c3c(c2c1)COC3. The Morgan fingerprint density at radius 2 is 1.97 bits per heavy atom. The Labute approximate surface area is 170 Å². The van der Waals surface area contributed by atoms with Crippen LogP contribution in [0.5, 0.6) is 0 Å². The highest BCUT2D eigenvalue weighted by atomic mass is 19.4. The molecule has 0 fully saturated rings. The van der Waals surface area contributed by atoms with E-state index in [2.05, 4.69) is 9.97 Å². The zero-order valence-corrected chi connectivity index (χ0v) is 16.2. The van der Waals surface area contributed by atoms with Crippen LogP contribution in [0, 0.1) is 0 Å². The number of ether oxygens (including phenoxy) is 1. The number of amides is 1. The van der Waals surface area contributed by atoms with Crippen molar-refractivity contribution in [3.05, 3.63) is 64.5 Å². The van der Waals surface area contributed by atoms with Gasteiger partial charge in [-0.15, -0.1) is 0 Å². The minimum atomic E-state index is -4.49. The molecular weight excluding hydrogens is 397 g/mol. The summed E-state index contributed by atoms with van der Waals surface area (Å²) in [7, 11) is 0. The molecule has 1 aliphatic rings. The molecule has 1 amide bonds. The molecule has 4 rings (SSSR count). The van der Waals surface area contributed by atoms with Crippen LogP contribution >= 0.6 is 0 Å². The van der Waals surface area contributed by atoms with Crippen LogP contribution in [0.3, 0.4) is 0 Å². The number of nitrogens with zero attached hydrogens (tertiary/aromatic N) is 3. The zero-order chi connectivity index (χ0) is 21.5. The summed E-state index contributed by atoms with van der Waals surface area (Å²) in [5.74, 6) is 0.197. The number of hydrogen-bond acceptors (Lipinski definition) is 5. The molecule has 1 aliphatic heterocycles. The molecule has 0 radical (unpaired) electrons. The quantitative estimate of drug-likeness (QED) is 0.697. The summed E-state index contributed by atoms with van der Waals surface area (Å²) < 4.78 is 43.6. The molecular formula is C21H19F3N4O2. The fraction of sp³-hybridized carbons (Fsp3) is 0.286. The number of carbonyl (C=O) groups is 1. The van der Waals surface area contributed by atoms with E-state index in [0.29, 0.717) is 42.2 Å². The maximum atomic E-state index is 13.1. The van der Waals surface area contributed by atoms with Gasteiger partial charge in [0, 0.05) is 35.8 Å². The molecule has 0 bridgehead atoms. The topological polar surface area (TPSA) is 81.3 Å². The molecule has 30 heavy (non-hydrogen) atoms. The van der Waals surface area contributed by atoms with E-state index in [1.807, 2.05) is 6.92 Å². The lowest BCUT2D eigenvalue weighted by molar-refractivity contribution is -0.141. The van der Waals surface area contributed by atoms with Crippen LogP contribution in [0.25, 0.3) is 10.9 Å². The Kier molecular flexibility index (Phi) is 5.07. The van der Waals surface area contributed by atoms with Crippen molar-refractivity contribution in [3.8, 4) is 0 Å². The van der Waals surface area contributed by atoms with Crippen molar-refractivity contribution in [1.82, 2.24) is 14.9 Å². The van der Waals surface area contributed by atoms with Crippen molar-refractivity contribution < 1.29 is 22.7 Å². The molecule has 3 aromatic rings. The molecule has 0 aliphatic carbocycles. The molecule has 3 heterocycles. The fourth-order valence-electron chi connectivity index (χ4n) is 3.52. The largest absolute Gasteiger partial charge is 0.433 e. The number of hydrogen-bond donors (Lipinski definition) is 1. The summed E-state index contributed by atoms with van der Waals surface area (Å²) in [6, 6.07) is 7.44. The number of pyridine rings is 2. The second-order valence-corrected chi connectivity index (χ2v) is 7.05. The van der Waals surface area contributed by atoms with Gasteiger partial charge in [-0.25, -0.2) is 4.98 Å². The Hall–Kier alpha value is -3.20. The monoisotopic (exact) mass is 416 g/mol. The van der Waals surface area contributed by atoms with Gasteiger partial charge in [-0.05, 0) is 42.3 Å². The van der Waals surface area contributed by atoms with Crippen LogP contribution in [0.4, 0.5) is 19.0 Å². The molecule has 0 unspecified atom stereocenters. The van der Waals surface area contributed by atoms with Crippen molar-refractivity contribution in [2.75, 3.05) is 12.3 Å². The predicted molar refractivity (Wildman–Crippen MR) is 104 cm³/mol. The van der Waals surface area contributed by atoms with Crippen LogP contribution in [0.1, 0.15) is 39.7 Å². The number of alkyl halides is 3. The van der Waals surface area contributed by atoms with E-state index in [1.54, 1.807) is 23.1 Å². The van der Waals surface area contributed by atoms with Crippen molar-refractivity contribution in [3.63, 3.8) is 0 Å². The van der Waals surface area contributed by atoms with Crippen LogP contribution in [0.15, 0.2) is 36.5 Å². The van der Waals surface area contributed by atoms with Crippen molar-refractivity contribution in [2.24, 2.45) is 0 Å². The molecule has 0 saturated heterocycles. The molecule has 2 aromatic heterocycles. The lowest BCUT2D eigenvalue weighted by Gasteiger charge is -2.21. The molecule has 9 heteroatoms.